The van der Waals surface area contributed by atoms with Crippen molar-refractivity contribution in [1.29, 1.82) is 0 Å². The van der Waals surface area contributed by atoms with Crippen LogP contribution in [0.4, 0.5) is 17.1 Å². The lowest BCUT2D eigenvalue weighted by Crippen LogP contribution is -2.26. The molecule has 0 saturated heterocycles. The van der Waals surface area contributed by atoms with Crippen LogP contribution >= 0.6 is 0 Å². The fraction of sp³-hybridized carbons (Fsp3) is 0.0690. The van der Waals surface area contributed by atoms with Gasteiger partial charge >= 0.3 is 0 Å². The summed E-state index contributed by atoms with van der Waals surface area (Å²) in [6.45, 7) is 4.80. The van der Waals surface area contributed by atoms with Crippen molar-refractivity contribution in [1.82, 2.24) is 0 Å². The maximum atomic E-state index is 2.51. The highest BCUT2D eigenvalue weighted by Gasteiger charge is 2.51. The summed E-state index contributed by atoms with van der Waals surface area (Å²) >= 11 is 0. The Hall–Kier alpha value is -7.22. The highest BCUT2D eigenvalue weighted by Crippen LogP contribution is 2.64. The summed E-state index contributed by atoms with van der Waals surface area (Å²) in [7, 11) is 0. The van der Waals surface area contributed by atoms with E-state index in [2.05, 4.69) is 231 Å². The highest BCUT2D eigenvalue weighted by atomic mass is 15.1. The number of fused-ring (bicyclic) bond motifs is 13. The molecule has 9 aromatic rings. The van der Waals surface area contributed by atoms with E-state index in [1.807, 2.05) is 0 Å². The van der Waals surface area contributed by atoms with Gasteiger partial charge in [-0.15, -0.1) is 0 Å². The molecule has 9 aromatic carbocycles. The average molecular weight is 752 g/mol. The molecule has 0 atom stereocenters. The predicted molar refractivity (Wildman–Crippen MR) is 246 cm³/mol. The van der Waals surface area contributed by atoms with Crippen molar-refractivity contribution in [3.8, 4) is 55.6 Å². The lowest BCUT2D eigenvalue weighted by Gasteiger charge is -2.33. The molecule has 0 unspecified atom stereocenters. The first-order valence-corrected chi connectivity index (χ1v) is 20.8. The molecule has 0 radical (unpaired) electrons. The van der Waals surface area contributed by atoms with Gasteiger partial charge in [-0.25, -0.2) is 0 Å². The Morgan fingerprint density at radius 1 is 0.322 bits per heavy atom. The Balaban J connectivity index is 1.16. The van der Waals surface area contributed by atoms with Crippen LogP contribution in [0.2, 0.25) is 0 Å². The van der Waals surface area contributed by atoms with Gasteiger partial charge < -0.3 is 4.90 Å². The molecule has 1 spiro atoms. The van der Waals surface area contributed by atoms with Gasteiger partial charge in [0.2, 0.25) is 0 Å². The molecule has 0 aromatic heterocycles. The first-order valence-electron chi connectivity index (χ1n) is 20.8. The number of para-hydroxylation sites is 1. The highest BCUT2D eigenvalue weighted by molar-refractivity contribution is 6.02. The second-order valence-electron chi connectivity index (χ2n) is 16.8. The minimum atomic E-state index is -0.442. The van der Waals surface area contributed by atoms with Crippen LogP contribution in [0.3, 0.4) is 0 Å². The third kappa shape index (κ3) is 4.62. The van der Waals surface area contributed by atoms with Crippen LogP contribution in [0.5, 0.6) is 0 Å². The van der Waals surface area contributed by atoms with Crippen molar-refractivity contribution >= 4 is 17.1 Å². The van der Waals surface area contributed by atoms with E-state index in [1.54, 1.807) is 0 Å². The predicted octanol–water partition coefficient (Wildman–Crippen LogP) is 15.1. The van der Waals surface area contributed by atoms with Crippen molar-refractivity contribution in [2.75, 3.05) is 4.90 Å². The fourth-order valence-electron chi connectivity index (χ4n) is 11.2. The smallest absolute Gasteiger partial charge is 0.0726 e. The van der Waals surface area contributed by atoms with Crippen molar-refractivity contribution in [3.05, 3.63) is 246 Å². The third-order valence-electron chi connectivity index (χ3n) is 13.5. The second kappa shape index (κ2) is 12.6. The van der Waals surface area contributed by atoms with Gasteiger partial charge in [-0.3, -0.25) is 0 Å². The topological polar surface area (TPSA) is 3.24 Å². The molecule has 0 saturated carbocycles. The average Bonchev–Trinajstić information content (AvgIpc) is 3.86. The molecule has 59 heavy (non-hydrogen) atoms. The lowest BCUT2D eigenvalue weighted by molar-refractivity contribution is 0.662. The summed E-state index contributed by atoms with van der Waals surface area (Å²) in [5.74, 6) is 0. The third-order valence-corrected chi connectivity index (χ3v) is 13.5. The first-order chi connectivity index (χ1) is 29.1. The van der Waals surface area contributed by atoms with Crippen LogP contribution in [0.1, 0.15) is 47.2 Å². The van der Waals surface area contributed by atoms with Gasteiger partial charge in [0.15, 0.2) is 0 Å². The van der Waals surface area contributed by atoms with Gasteiger partial charge in [-0.1, -0.05) is 196 Å². The molecule has 0 N–H and O–H groups in total. The Morgan fingerprint density at radius 2 is 0.780 bits per heavy atom. The number of rotatable bonds is 5. The maximum absolute atomic E-state index is 2.51. The van der Waals surface area contributed by atoms with E-state index in [-0.39, 0.29) is 5.41 Å². The van der Waals surface area contributed by atoms with Crippen LogP contribution in [-0.2, 0) is 10.8 Å². The largest absolute Gasteiger partial charge is 0.310 e. The molecule has 0 bridgehead atoms. The molecule has 1 heteroatoms. The molecule has 0 amide bonds. The first kappa shape index (κ1) is 33.9. The Bertz CT molecular complexity index is 3070. The molecular weight excluding hydrogens is 711 g/mol. The van der Waals surface area contributed by atoms with E-state index in [0.717, 1.165) is 17.1 Å². The van der Waals surface area contributed by atoms with E-state index < -0.39 is 5.41 Å². The van der Waals surface area contributed by atoms with E-state index in [4.69, 9.17) is 0 Å². The molecule has 0 aliphatic heterocycles. The van der Waals surface area contributed by atoms with E-state index in [0.29, 0.717) is 0 Å². The summed E-state index contributed by atoms with van der Waals surface area (Å²) < 4.78 is 0. The summed E-state index contributed by atoms with van der Waals surface area (Å²) in [5, 5.41) is 0. The molecule has 3 aliphatic rings. The van der Waals surface area contributed by atoms with E-state index in [9.17, 15) is 0 Å². The Kier molecular flexibility index (Phi) is 7.26. The number of benzene rings is 9. The van der Waals surface area contributed by atoms with E-state index in [1.165, 1.54) is 89.0 Å². The molecule has 12 rings (SSSR count). The summed E-state index contributed by atoms with van der Waals surface area (Å²) in [4.78, 5) is 2.51. The molecule has 1 nitrogen and oxygen atoms in total. The van der Waals surface area contributed by atoms with Gasteiger partial charge in [0.25, 0.3) is 0 Å². The van der Waals surface area contributed by atoms with Crippen molar-refractivity contribution < 1.29 is 0 Å². The number of anilines is 3. The number of nitrogens with zero attached hydrogens (tertiary/aromatic N) is 1. The number of hydrogen-bond donors (Lipinski definition) is 0. The Labute approximate surface area is 346 Å². The zero-order valence-electron chi connectivity index (χ0n) is 33.2. The SMILES string of the molecule is CC1(C)c2ccccc2-c2cccc(-c3c(-c4ccccc4)cccc3N(c3ccccc3)c3ccc4c(c3)C3(c5ccccc5-c5ccccc53)c3ccccc3-4)c21. The number of hydrogen-bond acceptors (Lipinski definition) is 1. The maximum Gasteiger partial charge on any atom is 0.0726 e. The van der Waals surface area contributed by atoms with Gasteiger partial charge in [-0.05, 0) is 114 Å². The molecule has 0 heterocycles. The molecule has 278 valence electrons. The van der Waals surface area contributed by atoms with Crippen LogP contribution in [-0.4, -0.2) is 0 Å². The zero-order chi connectivity index (χ0) is 39.3. The molecular formula is C58H41N. The minimum absolute atomic E-state index is 0.198. The lowest BCUT2D eigenvalue weighted by atomic mass is 9.70. The normalized spacial score (nSPS) is 14.2. The molecule has 0 fully saturated rings. The van der Waals surface area contributed by atoms with Crippen LogP contribution in [0.15, 0.2) is 212 Å². The zero-order valence-corrected chi connectivity index (χ0v) is 33.2. The summed E-state index contributed by atoms with van der Waals surface area (Å²) in [6.07, 6.45) is 0. The van der Waals surface area contributed by atoms with E-state index >= 15 is 0 Å². The summed E-state index contributed by atoms with van der Waals surface area (Å²) in [6, 6.07) is 79.2. The minimum Gasteiger partial charge on any atom is -0.310 e. The van der Waals surface area contributed by atoms with Crippen molar-refractivity contribution in [3.63, 3.8) is 0 Å². The van der Waals surface area contributed by atoms with Gasteiger partial charge in [0, 0.05) is 22.4 Å². The second-order valence-corrected chi connectivity index (χ2v) is 16.8. The van der Waals surface area contributed by atoms with Gasteiger partial charge in [0.05, 0.1) is 11.1 Å². The van der Waals surface area contributed by atoms with Gasteiger partial charge in [-0.2, -0.15) is 0 Å². The van der Waals surface area contributed by atoms with Crippen molar-refractivity contribution in [2.24, 2.45) is 0 Å². The standard InChI is InChI=1S/C58H41N/c1-57(2)49-30-13-9-26-45(49)47-28-17-29-48(56(47)57)55-41(38-19-5-3-6-20-38)27-18-34-54(55)59(39-21-7-4-8-22-39)40-35-36-46-44-25-12-16-33-52(44)58(53(46)37-40)50-31-14-10-23-42(50)43-24-11-15-32-51(43)58/h3-37H,1-2H3. The molecule has 3 aliphatic carbocycles. The van der Waals surface area contributed by atoms with Gasteiger partial charge in [0.1, 0.15) is 0 Å². The fourth-order valence-corrected chi connectivity index (χ4v) is 11.2. The van der Waals surface area contributed by atoms with Crippen molar-refractivity contribution in [2.45, 2.75) is 24.7 Å². The quantitative estimate of drug-likeness (QED) is 0.169. The van der Waals surface area contributed by atoms with Crippen LogP contribution < -0.4 is 4.90 Å². The van der Waals surface area contributed by atoms with Crippen LogP contribution in [0.25, 0.3) is 55.6 Å². The summed E-state index contributed by atoms with van der Waals surface area (Å²) in [5.41, 5.74) is 23.7. The Morgan fingerprint density at radius 3 is 1.41 bits per heavy atom. The van der Waals surface area contributed by atoms with Crippen LogP contribution in [0, 0.1) is 0 Å². The monoisotopic (exact) mass is 751 g/mol.